The van der Waals surface area contributed by atoms with Crippen molar-refractivity contribution < 1.29 is 25.2 Å². The molecule has 27 heavy (non-hydrogen) atoms. The van der Waals surface area contributed by atoms with E-state index in [-0.39, 0.29) is 18.3 Å². The van der Waals surface area contributed by atoms with Crippen LogP contribution in [0.3, 0.4) is 0 Å². The molecular formula is C22H34O5. The highest BCUT2D eigenvalue weighted by atomic mass is 16.4. The van der Waals surface area contributed by atoms with E-state index in [1.807, 2.05) is 12.2 Å². The first-order valence-corrected chi connectivity index (χ1v) is 9.85. The third-order valence-corrected chi connectivity index (χ3v) is 4.79. The molecule has 0 amide bonds. The molecular weight excluding hydrogens is 344 g/mol. The molecule has 0 aromatic carbocycles. The molecule has 1 fully saturated rings. The molecule has 1 rings (SSSR count). The van der Waals surface area contributed by atoms with Gasteiger partial charge in [-0.05, 0) is 38.0 Å². The smallest absolute Gasteiger partial charge is 0.303 e. The Morgan fingerprint density at radius 2 is 1.81 bits per heavy atom. The Kier molecular flexibility index (Phi) is 11.7. The van der Waals surface area contributed by atoms with Gasteiger partial charge in [0.15, 0.2) is 0 Å². The van der Waals surface area contributed by atoms with Crippen molar-refractivity contribution in [1.82, 2.24) is 0 Å². The van der Waals surface area contributed by atoms with Gasteiger partial charge in [0.1, 0.15) is 0 Å². The number of aliphatic hydroxyl groups excluding tert-OH is 3. The lowest BCUT2D eigenvalue weighted by Crippen LogP contribution is -2.20. The number of allylic oxidation sites excluding steroid dienone is 5. The molecule has 0 unspecified atom stereocenters. The van der Waals surface area contributed by atoms with Crippen molar-refractivity contribution in [3.8, 4) is 0 Å². The maximum absolute atomic E-state index is 10.4. The molecule has 0 heterocycles. The number of carboxylic acid groups (broad SMARTS) is 1. The minimum atomic E-state index is -0.838. The fourth-order valence-electron chi connectivity index (χ4n) is 3.29. The fourth-order valence-corrected chi connectivity index (χ4v) is 3.29. The van der Waals surface area contributed by atoms with Crippen LogP contribution in [0.2, 0.25) is 0 Å². The number of rotatable bonds is 12. The summed E-state index contributed by atoms with van der Waals surface area (Å²) in [6.07, 6.45) is 17.4. The number of aliphatic hydroxyl groups is 3. The average Bonchev–Trinajstić information content (AvgIpc) is 2.88. The van der Waals surface area contributed by atoms with E-state index in [1.54, 1.807) is 18.2 Å². The molecule has 0 saturated heterocycles. The highest BCUT2D eigenvalue weighted by Gasteiger charge is 2.39. The second-order valence-electron chi connectivity index (χ2n) is 7.03. The predicted molar refractivity (Wildman–Crippen MR) is 107 cm³/mol. The third-order valence-electron chi connectivity index (χ3n) is 4.79. The van der Waals surface area contributed by atoms with Crippen molar-refractivity contribution in [1.29, 1.82) is 0 Å². The largest absolute Gasteiger partial charge is 0.481 e. The molecule has 5 atom stereocenters. The van der Waals surface area contributed by atoms with Crippen molar-refractivity contribution in [2.75, 3.05) is 0 Å². The zero-order valence-corrected chi connectivity index (χ0v) is 16.2. The molecule has 0 aromatic heterocycles. The van der Waals surface area contributed by atoms with Gasteiger partial charge in [-0.3, -0.25) is 4.79 Å². The van der Waals surface area contributed by atoms with Crippen LogP contribution in [0.15, 0.2) is 48.6 Å². The summed E-state index contributed by atoms with van der Waals surface area (Å²) in [5.74, 6) is -1.07. The topological polar surface area (TPSA) is 98.0 Å². The van der Waals surface area contributed by atoms with Gasteiger partial charge in [-0.25, -0.2) is 0 Å². The van der Waals surface area contributed by atoms with Crippen molar-refractivity contribution in [2.45, 2.75) is 70.2 Å². The summed E-state index contributed by atoms with van der Waals surface area (Å²) in [7, 11) is 0. The maximum atomic E-state index is 10.4. The van der Waals surface area contributed by atoms with Crippen LogP contribution >= 0.6 is 0 Å². The fraction of sp³-hybridized carbons (Fsp3) is 0.591. The second-order valence-corrected chi connectivity index (χ2v) is 7.03. The lowest BCUT2D eigenvalue weighted by molar-refractivity contribution is -0.136. The Morgan fingerprint density at radius 3 is 2.52 bits per heavy atom. The molecule has 152 valence electrons. The molecule has 0 aromatic rings. The zero-order chi connectivity index (χ0) is 20.1. The Morgan fingerprint density at radius 1 is 1.07 bits per heavy atom. The van der Waals surface area contributed by atoms with Crippen LogP contribution in [-0.4, -0.2) is 44.7 Å². The van der Waals surface area contributed by atoms with Crippen molar-refractivity contribution in [3.05, 3.63) is 48.6 Å². The summed E-state index contributed by atoms with van der Waals surface area (Å²) >= 11 is 0. The van der Waals surface area contributed by atoms with E-state index >= 15 is 0 Å². The van der Waals surface area contributed by atoms with Crippen LogP contribution < -0.4 is 0 Å². The average molecular weight is 379 g/mol. The Balaban J connectivity index is 2.49. The summed E-state index contributed by atoms with van der Waals surface area (Å²) in [6.45, 7) is 2.09. The minimum absolute atomic E-state index is 0.0547. The Bertz CT molecular complexity index is 535. The van der Waals surface area contributed by atoms with Crippen molar-refractivity contribution in [3.63, 3.8) is 0 Å². The van der Waals surface area contributed by atoms with Gasteiger partial charge in [-0.15, -0.1) is 0 Å². The maximum Gasteiger partial charge on any atom is 0.303 e. The van der Waals surface area contributed by atoms with Gasteiger partial charge in [0.2, 0.25) is 0 Å². The molecule has 1 aliphatic carbocycles. The van der Waals surface area contributed by atoms with E-state index < -0.39 is 24.3 Å². The number of aliphatic carboxylic acids is 1. The summed E-state index contributed by atoms with van der Waals surface area (Å²) in [5.41, 5.74) is 0. The molecule has 0 radical (unpaired) electrons. The first-order valence-electron chi connectivity index (χ1n) is 9.85. The number of hydrogen-bond acceptors (Lipinski definition) is 4. The lowest BCUT2D eigenvalue weighted by atomic mass is 9.89. The molecule has 4 N–H and O–H groups in total. The summed E-state index contributed by atoms with van der Waals surface area (Å²) in [4.78, 5) is 10.4. The van der Waals surface area contributed by atoms with Crippen LogP contribution in [-0.2, 0) is 4.79 Å². The normalized spacial score (nSPS) is 27.6. The van der Waals surface area contributed by atoms with Gasteiger partial charge in [-0.1, -0.05) is 55.5 Å². The molecule has 0 spiro atoms. The van der Waals surface area contributed by atoms with Crippen LogP contribution in [0.1, 0.15) is 51.9 Å². The molecule has 1 aliphatic rings. The number of hydrogen-bond donors (Lipinski definition) is 4. The number of carboxylic acids is 1. The summed E-state index contributed by atoms with van der Waals surface area (Å²) in [6, 6.07) is 0. The first kappa shape index (κ1) is 23.3. The minimum Gasteiger partial charge on any atom is -0.481 e. The molecule has 0 bridgehead atoms. The molecule has 5 nitrogen and oxygen atoms in total. The predicted octanol–water partition coefficient (Wildman–Crippen LogP) is 3.38. The van der Waals surface area contributed by atoms with Gasteiger partial charge < -0.3 is 20.4 Å². The van der Waals surface area contributed by atoms with Gasteiger partial charge >= 0.3 is 5.97 Å². The monoisotopic (exact) mass is 378 g/mol. The summed E-state index contributed by atoms with van der Waals surface area (Å²) < 4.78 is 0. The van der Waals surface area contributed by atoms with E-state index in [1.165, 1.54) is 0 Å². The second kappa shape index (κ2) is 13.5. The first-order chi connectivity index (χ1) is 13.0. The SMILES string of the molecule is CC/C=C\C/C=C\C[C@H]1[C@@H](/C=C/[C@@H](O)C/C=C\CCC(=O)O)[C@@H](O)C[C@H]1O. The standard InChI is InChI=1S/C22H34O5/c1-2-3-4-5-6-9-12-18-19(21(25)16-20(18)24)15-14-17(23)11-8-7-10-13-22(26)27/h3-4,6-9,14-15,17-21,23-25H,2,5,10-13,16H2,1H3,(H,26,27)/b4-3-,8-7-,9-6-,15-14+/t17-,18-,19+,20+,21-/m0/s1. The van der Waals surface area contributed by atoms with Gasteiger partial charge in [-0.2, -0.15) is 0 Å². The van der Waals surface area contributed by atoms with Gasteiger partial charge in [0, 0.05) is 18.8 Å². The van der Waals surface area contributed by atoms with E-state index in [0.29, 0.717) is 25.7 Å². The quantitative estimate of drug-likeness (QED) is 0.390. The lowest BCUT2D eigenvalue weighted by Gasteiger charge is -2.19. The van der Waals surface area contributed by atoms with Crippen molar-refractivity contribution >= 4 is 5.97 Å². The molecule has 1 saturated carbocycles. The van der Waals surface area contributed by atoms with Gasteiger partial charge in [0.05, 0.1) is 18.3 Å². The van der Waals surface area contributed by atoms with E-state index in [9.17, 15) is 20.1 Å². The van der Waals surface area contributed by atoms with Crippen LogP contribution in [0.25, 0.3) is 0 Å². The molecule has 0 aliphatic heterocycles. The Hall–Kier alpha value is -1.69. The van der Waals surface area contributed by atoms with Crippen molar-refractivity contribution in [2.24, 2.45) is 11.8 Å². The highest BCUT2D eigenvalue weighted by molar-refractivity contribution is 5.66. The number of carbonyl (C=O) groups is 1. The van der Waals surface area contributed by atoms with E-state index in [4.69, 9.17) is 5.11 Å². The van der Waals surface area contributed by atoms with E-state index in [2.05, 4.69) is 25.2 Å². The Labute approximate surface area is 162 Å². The van der Waals surface area contributed by atoms with Gasteiger partial charge in [0.25, 0.3) is 0 Å². The summed E-state index contributed by atoms with van der Waals surface area (Å²) in [5, 5.41) is 39.0. The van der Waals surface area contributed by atoms with Crippen LogP contribution in [0.4, 0.5) is 0 Å². The third kappa shape index (κ3) is 9.70. The highest BCUT2D eigenvalue weighted by Crippen LogP contribution is 2.36. The van der Waals surface area contributed by atoms with Crippen LogP contribution in [0.5, 0.6) is 0 Å². The van der Waals surface area contributed by atoms with Crippen LogP contribution in [0, 0.1) is 11.8 Å². The molecule has 5 heteroatoms. The van der Waals surface area contributed by atoms with E-state index in [0.717, 1.165) is 12.8 Å². The zero-order valence-electron chi connectivity index (χ0n) is 16.2.